The first-order valence-corrected chi connectivity index (χ1v) is 7.12. The fourth-order valence-corrected chi connectivity index (χ4v) is 4.52. The molecule has 1 heterocycles. The molecule has 1 unspecified atom stereocenters. The first-order chi connectivity index (χ1) is 7.27. The van der Waals surface area contributed by atoms with Gasteiger partial charge in [-0.15, -0.1) is 11.8 Å². The molecule has 0 spiro atoms. The molecule has 15 heavy (non-hydrogen) atoms. The maximum atomic E-state index is 5.67. The topological polar surface area (TPSA) is 0 Å². The van der Waals surface area contributed by atoms with E-state index < -0.39 is 0 Å². The number of hydrogen-bond donors (Lipinski definition) is 0. The zero-order valence-corrected chi connectivity index (χ0v) is 11.6. The second-order valence-electron chi connectivity index (χ2n) is 3.50. The largest absolute Gasteiger partial charge is 0.117 e. The van der Waals surface area contributed by atoms with E-state index in [9.17, 15) is 0 Å². The monoisotopic (exact) mass is 302 g/mol. The van der Waals surface area contributed by atoms with Crippen molar-refractivity contribution < 1.29 is 0 Å². The summed E-state index contributed by atoms with van der Waals surface area (Å²) in [5.74, 6) is 0. The van der Waals surface area contributed by atoms with Gasteiger partial charge in [0.2, 0.25) is 0 Å². The standard InChI is InChI=1S/C12H12BrClS/c1-2-8-10(6-7-14)15-11-5-3-4-9(13)12(8)11/h3-4,6-7,11H,2,5H2,1H3/b7-6+. The summed E-state index contributed by atoms with van der Waals surface area (Å²) in [5, 5.41) is 0.585. The second-order valence-corrected chi connectivity index (χ2v) is 5.85. The quantitative estimate of drug-likeness (QED) is 0.681. The first-order valence-electron chi connectivity index (χ1n) is 5.01. The molecule has 0 saturated heterocycles. The van der Waals surface area contributed by atoms with Gasteiger partial charge in [0.05, 0.1) is 0 Å². The van der Waals surface area contributed by atoms with E-state index in [-0.39, 0.29) is 0 Å². The van der Waals surface area contributed by atoms with Crippen molar-refractivity contribution in [1.82, 2.24) is 0 Å². The van der Waals surface area contributed by atoms with E-state index in [1.165, 1.54) is 20.5 Å². The van der Waals surface area contributed by atoms with Crippen LogP contribution in [0.5, 0.6) is 0 Å². The molecule has 3 heteroatoms. The summed E-state index contributed by atoms with van der Waals surface area (Å²) in [6.07, 6.45) is 8.59. The molecule has 2 aliphatic rings. The Bertz CT molecular complexity index is 390. The summed E-state index contributed by atoms with van der Waals surface area (Å²) in [5.41, 5.74) is 4.52. The predicted octanol–water partition coefficient (Wildman–Crippen LogP) is 5.13. The zero-order valence-electron chi connectivity index (χ0n) is 8.47. The number of rotatable bonds is 2. The normalized spacial score (nSPS) is 25.7. The van der Waals surface area contributed by atoms with E-state index >= 15 is 0 Å². The van der Waals surface area contributed by atoms with Crippen LogP contribution in [0.15, 0.2) is 44.3 Å². The molecule has 0 nitrogen and oxygen atoms in total. The maximum Gasteiger partial charge on any atom is 0.0393 e. The van der Waals surface area contributed by atoms with Gasteiger partial charge in [0, 0.05) is 20.2 Å². The summed E-state index contributed by atoms with van der Waals surface area (Å²) in [6.45, 7) is 2.20. The summed E-state index contributed by atoms with van der Waals surface area (Å²) in [4.78, 5) is 1.33. The fourth-order valence-electron chi connectivity index (χ4n) is 2.02. The van der Waals surface area contributed by atoms with E-state index in [0.717, 1.165) is 12.8 Å². The highest BCUT2D eigenvalue weighted by Crippen LogP contribution is 2.49. The van der Waals surface area contributed by atoms with E-state index in [1.54, 1.807) is 5.54 Å². The lowest BCUT2D eigenvalue weighted by Crippen LogP contribution is -2.06. The number of fused-ring (bicyclic) bond motifs is 1. The molecule has 0 aromatic rings. The molecule has 2 rings (SSSR count). The molecular weight excluding hydrogens is 292 g/mol. The summed E-state index contributed by atoms with van der Waals surface area (Å²) in [7, 11) is 0. The minimum atomic E-state index is 0.585. The van der Waals surface area contributed by atoms with E-state index in [0.29, 0.717) is 5.25 Å². The van der Waals surface area contributed by atoms with E-state index in [4.69, 9.17) is 11.6 Å². The molecular formula is C12H12BrClS. The lowest BCUT2D eigenvalue weighted by atomic mass is 9.95. The molecule has 0 radical (unpaired) electrons. The molecule has 80 valence electrons. The van der Waals surface area contributed by atoms with Crippen LogP contribution in [0.25, 0.3) is 0 Å². The Hall–Kier alpha value is 0.0800. The second kappa shape index (κ2) is 4.94. The molecule has 1 atom stereocenters. The van der Waals surface area contributed by atoms with Gasteiger partial charge >= 0.3 is 0 Å². The van der Waals surface area contributed by atoms with Gasteiger partial charge < -0.3 is 0 Å². The van der Waals surface area contributed by atoms with Gasteiger partial charge in [0.25, 0.3) is 0 Å². The van der Waals surface area contributed by atoms with Crippen molar-refractivity contribution in [3.8, 4) is 0 Å². The maximum absolute atomic E-state index is 5.67. The molecule has 0 aromatic carbocycles. The molecule has 0 N–H and O–H groups in total. The van der Waals surface area contributed by atoms with Crippen LogP contribution >= 0.6 is 39.3 Å². The molecule has 0 bridgehead atoms. The number of allylic oxidation sites excluding steroid dienone is 5. The van der Waals surface area contributed by atoms with Crippen molar-refractivity contribution in [2.24, 2.45) is 0 Å². The van der Waals surface area contributed by atoms with E-state index in [1.807, 2.05) is 17.8 Å². The minimum Gasteiger partial charge on any atom is -0.117 e. The van der Waals surface area contributed by atoms with Crippen molar-refractivity contribution in [1.29, 1.82) is 0 Å². The van der Waals surface area contributed by atoms with Crippen LogP contribution < -0.4 is 0 Å². The Morgan fingerprint density at radius 2 is 2.47 bits per heavy atom. The Labute approximate surface area is 108 Å². The SMILES string of the molecule is CCC1=C(/C=C/Cl)SC2CC=CC(Br)=C12. The number of hydrogen-bond acceptors (Lipinski definition) is 1. The van der Waals surface area contributed by atoms with Crippen molar-refractivity contribution >= 4 is 39.3 Å². The average Bonchev–Trinajstić information content (AvgIpc) is 2.57. The molecule has 0 saturated carbocycles. The Balaban J connectivity index is 2.46. The Morgan fingerprint density at radius 1 is 1.67 bits per heavy atom. The van der Waals surface area contributed by atoms with Gasteiger partial charge in [0.1, 0.15) is 0 Å². The van der Waals surface area contributed by atoms with Crippen molar-refractivity contribution in [2.75, 3.05) is 0 Å². The van der Waals surface area contributed by atoms with Gasteiger partial charge in [-0.2, -0.15) is 0 Å². The van der Waals surface area contributed by atoms with Crippen LogP contribution in [0.1, 0.15) is 19.8 Å². The number of halogens is 2. The molecule has 0 fully saturated rings. The highest BCUT2D eigenvalue weighted by Gasteiger charge is 2.30. The van der Waals surface area contributed by atoms with Crippen LogP contribution in [0.2, 0.25) is 0 Å². The Morgan fingerprint density at radius 3 is 3.13 bits per heavy atom. The first kappa shape index (κ1) is 11.6. The van der Waals surface area contributed by atoms with Crippen LogP contribution in [-0.2, 0) is 0 Å². The lowest BCUT2D eigenvalue weighted by Gasteiger charge is -2.16. The fraction of sp³-hybridized carbons (Fsp3) is 0.333. The molecule has 0 aromatic heterocycles. The lowest BCUT2D eigenvalue weighted by molar-refractivity contribution is 0.970. The average molecular weight is 304 g/mol. The van der Waals surface area contributed by atoms with Gasteiger partial charge in [-0.3, -0.25) is 0 Å². The van der Waals surface area contributed by atoms with Crippen LogP contribution in [0.4, 0.5) is 0 Å². The third-order valence-electron chi connectivity index (χ3n) is 2.65. The summed E-state index contributed by atoms with van der Waals surface area (Å²) < 4.78 is 1.24. The van der Waals surface area contributed by atoms with Crippen LogP contribution in [0.3, 0.4) is 0 Å². The highest BCUT2D eigenvalue weighted by molar-refractivity contribution is 9.11. The van der Waals surface area contributed by atoms with Gasteiger partial charge in [-0.1, -0.05) is 46.6 Å². The van der Waals surface area contributed by atoms with Gasteiger partial charge in [-0.05, 0) is 30.1 Å². The highest BCUT2D eigenvalue weighted by atomic mass is 79.9. The molecule has 1 aliphatic carbocycles. The van der Waals surface area contributed by atoms with Crippen LogP contribution in [-0.4, -0.2) is 5.25 Å². The third kappa shape index (κ3) is 2.13. The Kier molecular flexibility index (Phi) is 3.81. The van der Waals surface area contributed by atoms with Crippen molar-refractivity contribution in [3.63, 3.8) is 0 Å². The zero-order chi connectivity index (χ0) is 10.8. The predicted molar refractivity (Wildman–Crippen MR) is 73.4 cm³/mol. The summed E-state index contributed by atoms with van der Waals surface area (Å²) >= 11 is 11.2. The van der Waals surface area contributed by atoms with Gasteiger partial charge in [-0.25, -0.2) is 0 Å². The molecule has 0 amide bonds. The van der Waals surface area contributed by atoms with Crippen molar-refractivity contribution in [3.05, 3.63) is 44.3 Å². The minimum absolute atomic E-state index is 0.585. The third-order valence-corrected chi connectivity index (χ3v) is 4.82. The van der Waals surface area contributed by atoms with Crippen molar-refractivity contribution in [2.45, 2.75) is 25.0 Å². The summed E-state index contributed by atoms with van der Waals surface area (Å²) in [6, 6.07) is 0. The number of thioether (sulfide) groups is 1. The smallest absolute Gasteiger partial charge is 0.0393 e. The van der Waals surface area contributed by atoms with E-state index in [2.05, 4.69) is 35.0 Å². The van der Waals surface area contributed by atoms with Crippen LogP contribution in [0, 0.1) is 0 Å². The molecule has 1 aliphatic heterocycles. The van der Waals surface area contributed by atoms with Gasteiger partial charge in [0.15, 0.2) is 0 Å².